The third-order valence-corrected chi connectivity index (χ3v) is 4.32. The van der Waals surface area contributed by atoms with Crippen molar-refractivity contribution in [1.82, 2.24) is 4.90 Å². The van der Waals surface area contributed by atoms with Crippen molar-refractivity contribution in [3.8, 4) is 0 Å². The van der Waals surface area contributed by atoms with E-state index >= 15 is 0 Å². The molecule has 0 aromatic carbocycles. The van der Waals surface area contributed by atoms with Gasteiger partial charge in [-0.1, -0.05) is 20.8 Å². The van der Waals surface area contributed by atoms with E-state index in [1.165, 1.54) is 53.1 Å². The zero-order valence-corrected chi connectivity index (χ0v) is 18.7. The fourth-order valence-corrected chi connectivity index (χ4v) is 2.64. The lowest BCUT2D eigenvalue weighted by atomic mass is 9.87. The molecule has 6 nitrogen and oxygen atoms in total. The number of carboxylic acids is 1. The number of nitrogens with zero attached hydrogens (tertiary/aromatic N) is 1. The molecule has 0 aliphatic carbocycles. The lowest BCUT2D eigenvalue weighted by Crippen LogP contribution is -3.17. The first kappa shape index (κ1) is 25.8. The highest BCUT2D eigenvalue weighted by molar-refractivity contribution is 6.02. The molecule has 0 aromatic rings. The van der Waals surface area contributed by atoms with Gasteiger partial charge in [-0.25, -0.2) is 0 Å². The van der Waals surface area contributed by atoms with Crippen LogP contribution in [-0.2, 0) is 9.59 Å². The Morgan fingerprint density at radius 3 is 1.48 bits per heavy atom. The number of piperazine rings is 3. The molecule has 27 heavy (non-hydrogen) atoms. The molecule has 3 heterocycles. The van der Waals surface area contributed by atoms with Crippen LogP contribution in [0.3, 0.4) is 0 Å². The number of Topliss-reactive ketones (excluding diaryl/α,β-unsaturated/α-hetero) is 1. The number of carboxylic acid groups (broad SMARTS) is 1. The monoisotopic (exact) mass is 383 g/mol. The maximum atomic E-state index is 11.6. The van der Waals surface area contributed by atoms with E-state index in [1.54, 1.807) is 0 Å². The zero-order valence-electron chi connectivity index (χ0n) is 18.7. The quantitative estimate of drug-likeness (QED) is 0.671. The first-order valence-corrected chi connectivity index (χ1v) is 9.87. The first-order chi connectivity index (χ1) is 12.1. The standard InChI is InChI=1S/C11H18O3.C6H12N2.C4H11N/c1-7(8(2)10(13)14)9(12)6-11(3,4)5;1-2-8-5-3-7(1)4-6-8;1-4(2,3)5/h6H2,1-5H3,(H,13,14);1-6H2;5H2,1-3H3/b8-7-;;. The molecule has 158 valence electrons. The van der Waals surface area contributed by atoms with Crippen molar-refractivity contribution < 1.29 is 19.6 Å². The van der Waals surface area contributed by atoms with Gasteiger partial charge in [-0.2, -0.15) is 0 Å². The van der Waals surface area contributed by atoms with Crippen molar-refractivity contribution in [2.24, 2.45) is 11.1 Å². The van der Waals surface area contributed by atoms with Gasteiger partial charge in [0.25, 0.3) is 0 Å². The largest absolute Gasteiger partial charge is 0.545 e. The topological polar surface area (TPSA) is 90.9 Å². The van der Waals surface area contributed by atoms with E-state index in [1.807, 2.05) is 46.4 Å². The lowest BCUT2D eigenvalue weighted by molar-refractivity contribution is -0.914. The molecule has 0 unspecified atom stereocenters. The molecule has 3 saturated heterocycles. The summed E-state index contributed by atoms with van der Waals surface area (Å²) in [7, 11) is 0. The Hall–Kier alpha value is -1.24. The SMILES string of the molecule is C/C(C(=O)[O-])=C(\C)C(=O)CC(C)(C)C.C1C[NH+]2CCN1CC2.CC(C)(C)N. The summed E-state index contributed by atoms with van der Waals surface area (Å²) in [6.07, 6.45) is 0.351. The van der Waals surface area contributed by atoms with Crippen LogP contribution in [0.4, 0.5) is 0 Å². The van der Waals surface area contributed by atoms with Gasteiger partial charge in [-0.3, -0.25) is 9.69 Å². The van der Waals surface area contributed by atoms with Gasteiger partial charge in [0.05, 0.1) is 25.6 Å². The fraction of sp³-hybridized carbons (Fsp3) is 0.810. The van der Waals surface area contributed by atoms with Gasteiger partial charge < -0.3 is 20.5 Å². The summed E-state index contributed by atoms with van der Waals surface area (Å²) >= 11 is 0. The predicted octanol–water partition coefficient (Wildman–Crippen LogP) is 0.0221. The van der Waals surface area contributed by atoms with Crippen molar-refractivity contribution in [1.29, 1.82) is 0 Å². The van der Waals surface area contributed by atoms with Gasteiger partial charge in [0, 0.05) is 31.6 Å². The maximum Gasteiger partial charge on any atom is 0.159 e. The highest BCUT2D eigenvalue weighted by Gasteiger charge is 2.25. The van der Waals surface area contributed by atoms with Gasteiger partial charge in [-0.15, -0.1) is 0 Å². The van der Waals surface area contributed by atoms with Crippen molar-refractivity contribution >= 4 is 11.8 Å². The summed E-state index contributed by atoms with van der Waals surface area (Å²) in [6, 6.07) is 0. The molecule has 0 atom stereocenters. The van der Waals surface area contributed by atoms with Gasteiger partial charge >= 0.3 is 0 Å². The molecule has 0 aromatic heterocycles. The normalized spacial score (nSPS) is 22.6. The molecule has 6 heteroatoms. The van der Waals surface area contributed by atoms with Crippen molar-refractivity contribution in [3.05, 3.63) is 11.1 Å². The molecule has 3 rings (SSSR count). The highest BCUT2D eigenvalue weighted by Crippen LogP contribution is 2.21. The molecule has 0 radical (unpaired) electrons. The van der Waals surface area contributed by atoms with E-state index in [4.69, 9.17) is 5.73 Å². The van der Waals surface area contributed by atoms with Crippen LogP contribution in [0, 0.1) is 5.41 Å². The van der Waals surface area contributed by atoms with Crippen LogP contribution in [0.25, 0.3) is 0 Å². The second-order valence-electron chi connectivity index (χ2n) is 9.91. The lowest BCUT2D eigenvalue weighted by Gasteiger charge is -2.38. The molecule has 3 fully saturated rings. The summed E-state index contributed by atoms with van der Waals surface area (Å²) in [5.41, 5.74) is 5.55. The smallest absolute Gasteiger partial charge is 0.159 e. The van der Waals surface area contributed by atoms with E-state index < -0.39 is 5.97 Å². The number of ketones is 1. The Balaban J connectivity index is 0.000000430. The zero-order chi connectivity index (χ0) is 21.4. The number of hydrogen-bond acceptors (Lipinski definition) is 5. The van der Waals surface area contributed by atoms with Crippen LogP contribution in [0.1, 0.15) is 61.8 Å². The number of allylic oxidation sites excluding steroid dienone is 1. The van der Waals surface area contributed by atoms with Crippen LogP contribution in [0.15, 0.2) is 11.1 Å². The number of hydrogen-bond donors (Lipinski definition) is 2. The third kappa shape index (κ3) is 13.6. The number of fused-ring (bicyclic) bond motifs is 3. The minimum absolute atomic E-state index is 0. The van der Waals surface area contributed by atoms with Crippen LogP contribution in [-0.4, -0.2) is 61.5 Å². The summed E-state index contributed by atoms with van der Waals surface area (Å²) in [6.45, 7) is 22.9. The summed E-state index contributed by atoms with van der Waals surface area (Å²) < 4.78 is 0. The van der Waals surface area contributed by atoms with Crippen molar-refractivity contribution in [3.63, 3.8) is 0 Å². The summed E-state index contributed by atoms with van der Waals surface area (Å²) in [4.78, 5) is 26.4. The number of nitrogens with two attached hydrogens (primary N) is 1. The fourth-order valence-electron chi connectivity index (χ4n) is 2.64. The van der Waals surface area contributed by atoms with E-state index in [0.29, 0.717) is 12.0 Å². The van der Waals surface area contributed by atoms with Gasteiger partial charge in [-0.05, 0) is 51.2 Å². The van der Waals surface area contributed by atoms with E-state index in [9.17, 15) is 14.7 Å². The Morgan fingerprint density at radius 1 is 0.926 bits per heavy atom. The van der Waals surface area contributed by atoms with Crippen LogP contribution in [0.5, 0.6) is 0 Å². The van der Waals surface area contributed by atoms with Gasteiger partial charge in [0.15, 0.2) is 5.78 Å². The van der Waals surface area contributed by atoms with E-state index in [0.717, 1.165) is 0 Å². The Morgan fingerprint density at radius 2 is 1.30 bits per heavy atom. The second-order valence-corrected chi connectivity index (χ2v) is 9.91. The molecular weight excluding hydrogens is 342 g/mol. The minimum Gasteiger partial charge on any atom is -0.545 e. The van der Waals surface area contributed by atoms with Crippen molar-refractivity contribution in [2.45, 2.75) is 67.3 Å². The Kier molecular flexibility index (Phi) is 10.4. The number of rotatable bonds is 3. The summed E-state index contributed by atoms with van der Waals surface area (Å²) in [5.74, 6) is -1.40. The number of quaternary nitrogens is 1. The minimum atomic E-state index is -1.27. The second kappa shape index (κ2) is 10.9. The van der Waals surface area contributed by atoms with Crippen LogP contribution in [0.2, 0.25) is 0 Å². The summed E-state index contributed by atoms with van der Waals surface area (Å²) in [5, 5.41) is 10.5. The molecular formula is C21H41N3O3. The first-order valence-electron chi connectivity index (χ1n) is 9.87. The van der Waals surface area contributed by atoms with Crippen LogP contribution < -0.4 is 15.7 Å². The molecule has 2 bridgehead atoms. The Bertz CT molecular complexity index is 491. The average Bonchev–Trinajstić information content (AvgIpc) is 2.52. The van der Waals surface area contributed by atoms with E-state index in [-0.39, 0.29) is 22.3 Å². The van der Waals surface area contributed by atoms with Gasteiger partial charge in [0.2, 0.25) is 0 Å². The van der Waals surface area contributed by atoms with Crippen LogP contribution >= 0.6 is 0 Å². The Labute approximate surface area is 165 Å². The molecule has 3 N–H and O–H groups in total. The third-order valence-electron chi connectivity index (χ3n) is 4.32. The number of aliphatic carboxylic acids is 1. The van der Waals surface area contributed by atoms with E-state index in [2.05, 4.69) is 4.90 Å². The molecule has 0 amide bonds. The number of nitrogens with one attached hydrogen (secondary N) is 1. The average molecular weight is 384 g/mol. The highest BCUT2D eigenvalue weighted by atomic mass is 16.4. The molecule has 0 saturated carbocycles. The number of carbonyl (C=O) groups is 2. The number of carbonyl (C=O) groups excluding carboxylic acids is 2. The maximum absolute atomic E-state index is 11.6. The molecule has 3 aliphatic rings. The molecule has 3 aliphatic heterocycles. The van der Waals surface area contributed by atoms with Crippen molar-refractivity contribution in [2.75, 3.05) is 39.3 Å². The molecule has 0 spiro atoms. The van der Waals surface area contributed by atoms with Gasteiger partial charge in [0.1, 0.15) is 0 Å². The predicted molar refractivity (Wildman–Crippen MR) is 108 cm³/mol.